The fraction of sp³-hybridized carbons (Fsp3) is 0.625. The van der Waals surface area contributed by atoms with E-state index in [0.717, 1.165) is 18.4 Å². The van der Waals surface area contributed by atoms with Gasteiger partial charge in [-0.1, -0.05) is 26.3 Å². The first-order valence-corrected chi connectivity index (χ1v) is 7.73. The Balaban J connectivity index is 1.99. The molecule has 1 saturated carbocycles. The maximum atomic E-state index is 11.2. The van der Waals surface area contributed by atoms with Crippen LogP contribution in [0.15, 0.2) is 18.2 Å². The SMILES string of the molecule is CCCC(C)COc1ccc(CNC2CC2)cc1[N+](=O)[O-]. The molecule has 0 aromatic heterocycles. The lowest BCUT2D eigenvalue weighted by Gasteiger charge is -2.13. The van der Waals surface area contributed by atoms with Crippen LogP contribution in [0, 0.1) is 16.0 Å². The average molecular weight is 292 g/mol. The molecular formula is C16H24N2O3. The number of nitro groups is 1. The van der Waals surface area contributed by atoms with E-state index in [4.69, 9.17) is 4.74 Å². The maximum absolute atomic E-state index is 11.2. The Labute approximate surface area is 125 Å². The molecule has 1 aromatic rings. The minimum Gasteiger partial charge on any atom is -0.487 e. The van der Waals surface area contributed by atoms with Crippen molar-refractivity contribution in [3.63, 3.8) is 0 Å². The fourth-order valence-electron chi connectivity index (χ4n) is 2.30. The van der Waals surface area contributed by atoms with E-state index >= 15 is 0 Å². The molecule has 0 aliphatic heterocycles. The highest BCUT2D eigenvalue weighted by atomic mass is 16.6. The van der Waals surface area contributed by atoms with Gasteiger partial charge in [0.05, 0.1) is 11.5 Å². The van der Waals surface area contributed by atoms with Crippen molar-refractivity contribution in [1.82, 2.24) is 5.32 Å². The highest BCUT2D eigenvalue weighted by molar-refractivity contribution is 5.48. The number of benzene rings is 1. The van der Waals surface area contributed by atoms with Crippen LogP contribution in [0.5, 0.6) is 5.75 Å². The van der Waals surface area contributed by atoms with Crippen molar-refractivity contribution in [2.75, 3.05) is 6.61 Å². The Morgan fingerprint density at radius 3 is 2.86 bits per heavy atom. The molecule has 5 heteroatoms. The number of rotatable bonds is 9. The molecule has 0 heterocycles. The van der Waals surface area contributed by atoms with Gasteiger partial charge in [0.2, 0.25) is 0 Å². The van der Waals surface area contributed by atoms with Crippen LogP contribution in [-0.4, -0.2) is 17.6 Å². The van der Waals surface area contributed by atoms with Crippen LogP contribution < -0.4 is 10.1 Å². The number of nitrogens with zero attached hydrogens (tertiary/aromatic N) is 1. The second-order valence-electron chi connectivity index (χ2n) is 5.92. The van der Waals surface area contributed by atoms with Crippen LogP contribution in [0.25, 0.3) is 0 Å². The summed E-state index contributed by atoms with van der Waals surface area (Å²) in [4.78, 5) is 10.8. The summed E-state index contributed by atoms with van der Waals surface area (Å²) in [6.45, 7) is 5.43. The minimum absolute atomic E-state index is 0.0637. The van der Waals surface area contributed by atoms with Crippen LogP contribution in [-0.2, 0) is 6.54 Å². The Bertz CT molecular complexity index is 486. The van der Waals surface area contributed by atoms with Crippen LogP contribution in [0.4, 0.5) is 5.69 Å². The van der Waals surface area contributed by atoms with Crippen molar-refractivity contribution in [2.24, 2.45) is 5.92 Å². The zero-order chi connectivity index (χ0) is 15.2. The third-order valence-corrected chi connectivity index (χ3v) is 3.70. The Hall–Kier alpha value is -1.62. The van der Waals surface area contributed by atoms with Crippen molar-refractivity contribution >= 4 is 5.69 Å². The molecular weight excluding hydrogens is 268 g/mol. The molecule has 116 valence electrons. The third-order valence-electron chi connectivity index (χ3n) is 3.70. The molecule has 0 bridgehead atoms. The molecule has 0 amide bonds. The largest absolute Gasteiger partial charge is 0.487 e. The quantitative estimate of drug-likeness (QED) is 0.557. The summed E-state index contributed by atoms with van der Waals surface area (Å²) in [5.41, 5.74) is 0.997. The number of hydrogen-bond acceptors (Lipinski definition) is 4. The van der Waals surface area contributed by atoms with Gasteiger partial charge in [0.1, 0.15) is 0 Å². The zero-order valence-electron chi connectivity index (χ0n) is 12.8. The van der Waals surface area contributed by atoms with Gasteiger partial charge in [0.25, 0.3) is 0 Å². The lowest BCUT2D eigenvalue weighted by atomic mass is 10.1. The summed E-state index contributed by atoms with van der Waals surface area (Å²) in [5, 5.41) is 14.6. The smallest absolute Gasteiger partial charge is 0.311 e. The van der Waals surface area contributed by atoms with Crippen molar-refractivity contribution in [3.8, 4) is 5.75 Å². The molecule has 1 fully saturated rings. The van der Waals surface area contributed by atoms with Crippen LogP contribution in [0.2, 0.25) is 0 Å². The predicted octanol–water partition coefficient (Wildman–Crippen LogP) is 3.66. The van der Waals surface area contributed by atoms with E-state index in [9.17, 15) is 10.1 Å². The van der Waals surface area contributed by atoms with Gasteiger partial charge in [0.15, 0.2) is 5.75 Å². The predicted molar refractivity (Wildman–Crippen MR) is 82.5 cm³/mol. The Morgan fingerprint density at radius 1 is 1.48 bits per heavy atom. The van der Waals surface area contributed by atoms with E-state index in [-0.39, 0.29) is 10.6 Å². The highest BCUT2D eigenvalue weighted by Gasteiger charge is 2.21. The monoisotopic (exact) mass is 292 g/mol. The summed E-state index contributed by atoms with van der Waals surface area (Å²) in [6, 6.07) is 5.84. The standard InChI is InChI=1S/C16H24N2O3/c1-3-4-12(2)11-21-16-8-5-13(9-15(16)18(19)20)10-17-14-6-7-14/h5,8-9,12,14,17H,3-4,6-7,10-11H2,1-2H3. The summed E-state index contributed by atoms with van der Waals surface area (Å²) < 4.78 is 5.64. The molecule has 5 nitrogen and oxygen atoms in total. The normalized spacial score (nSPS) is 15.7. The molecule has 0 spiro atoms. The fourth-order valence-corrected chi connectivity index (χ4v) is 2.30. The Kier molecular flexibility index (Phi) is 5.56. The molecule has 1 aromatic carbocycles. The van der Waals surface area contributed by atoms with Gasteiger partial charge in [-0.25, -0.2) is 0 Å². The highest BCUT2D eigenvalue weighted by Crippen LogP contribution is 2.29. The molecule has 0 radical (unpaired) electrons. The van der Waals surface area contributed by atoms with Gasteiger partial charge in [-0.3, -0.25) is 10.1 Å². The van der Waals surface area contributed by atoms with Crippen LogP contribution >= 0.6 is 0 Å². The number of nitro benzene ring substituents is 1. The van der Waals surface area contributed by atoms with Gasteiger partial charge in [0, 0.05) is 18.7 Å². The van der Waals surface area contributed by atoms with Crippen molar-refractivity contribution in [2.45, 2.75) is 52.1 Å². The van der Waals surface area contributed by atoms with Crippen LogP contribution in [0.3, 0.4) is 0 Å². The third kappa shape index (κ3) is 5.01. The Morgan fingerprint density at radius 2 is 2.24 bits per heavy atom. The van der Waals surface area contributed by atoms with Crippen LogP contribution in [0.1, 0.15) is 45.1 Å². The summed E-state index contributed by atoms with van der Waals surface area (Å²) >= 11 is 0. The van der Waals surface area contributed by atoms with Crippen molar-refractivity contribution in [3.05, 3.63) is 33.9 Å². The topological polar surface area (TPSA) is 64.4 Å². The minimum atomic E-state index is -0.361. The zero-order valence-corrected chi connectivity index (χ0v) is 12.8. The van der Waals surface area contributed by atoms with E-state index in [1.165, 1.54) is 12.8 Å². The molecule has 2 rings (SSSR count). The molecule has 21 heavy (non-hydrogen) atoms. The summed E-state index contributed by atoms with van der Waals surface area (Å²) in [7, 11) is 0. The molecule has 1 N–H and O–H groups in total. The maximum Gasteiger partial charge on any atom is 0.311 e. The van der Waals surface area contributed by atoms with E-state index in [1.54, 1.807) is 12.1 Å². The van der Waals surface area contributed by atoms with Gasteiger partial charge >= 0.3 is 5.69 Å². The molecule has 1 atom stereocenters. The molecule has 0 saturated heterocycles. The molecule has 1 aliphatic carbocycles. The average Bonchev–Trinajstić information content (AvgIpc) is 3.27. The van der Waals surface area contributed by atoms with Gasteiger partial charge in [-0.05, 0) is 36.8 Å². The van der Waals surface area contributed by atoms with Crippen molar-refractivity contribution in [1.29, 1.82) is 0 Å². The lowest BCUT2D eigenvalue weighted by molar-refractivity contribution is -0.386. The molecule has 1 aliphatic rings. The van der Waals surface area contributed by atoms with E-state index < -0.39 is 0 Å². The number of hydrogen-bond donors (Lipinski definition) is 1. The second kappa shape index (κ2) is 7.41. The van der Waals surface area contributed by atoms with Gasteiger partial charge in [-0.2, -0.15) is 0 Å². The van der Waals surface area contributed by atoms with E-state index in [0.29, 0.717) is 30.9 Å². The second-order valence-corrected chi connectivity index (χ2v) is 5.92. The summed E-state index contributed by atoms with van der Waals surface area (Å²) in [5.74, 6) is 0.781. The van der Waals surface area contributed by atoms with E-state index in [1.807, 2.05) is 6.07 Å². The summed E-state index contributed by atoms with van der Waals surface area (Å²) in [6.07, 6.45) is 4.58. The van der Waals surface area contributed by atoms with E-state index in [2.05, 4.69) is 19.2 Å². The lowest BCUT2D eigenvalue weighted by Crippen LogP contribution is -2.15. The first-order valence-electron chi connectivity index (χ1n) is 7.73. The number of ether oxygens (including phenoxy) is 1. The first-order chi connectivity index (χ1) is 10.1. The molecule has 1 unspecified atom stereocenters. The number of nitrogens with one attached hydrogen (secondary N) is 1. The van der Waals surface area contributed by atoms with Gasteiger partial charge < -0.3 is 10.1 Å². The first kappa shape index (κ1) is 15.8. The van der Waals surface area contributed by atoms with Gasteiger partial charge in [-0.15, -0.1) is 0 Å². The van der Waals surface area contributed by atoms with Crippen molar-refractivity contribution < 1.29 is 9.66 Å².